The maximum absolute atomic E-state index is 12.8. The summed E-state index contributed by atoms with van der Waals surface area (Å²) in [5.41, 5.74) is 2.99. The second-order valence-electron chi connectivity index (χ2n) is 7.74. The van der Waals surface area contributed by atoms with Gasteiger partial charge in [0.25, 0.3) is 11.6 Å². The molecule has 39 heavy (non-hydrogen) atoms. The number of methoxy groups -OCH3 is 1. The zero-order chi connectivity index (χ0) is 28.0. The lowest BCUT2D eigenvalue weighted by Gasteiger charge is -2.13. The van der Waals surface area contributed by atoms with Gasteiger partial charge in [0.05, 0.1) is 22.7 Å². The van der Waals surface area contributed by atoms with Gasteiger partial charge in [-0.15, -0.1) is 0 Å². The summed E-state index contributed by atoms with van der Waals surface area (Å²) in [6.45, 7) is -0.303. The summed E-state index contributed by atoms with van der Waals surface area (Å²) in [4.78, 5) is 26.4. The molecule has 1 N–H and O–H groups in total. The Morgan fingerprint density at radius 3 is 2.67 bits per heavy atom. The number of hydrogen-bond acceptors (Lipinski definition) is 10. The number of nitrogens with one attached hydrogen (secondary N) is 1. The number of aromatic nitrogens is 1. The minimum Gasteiger partial charge on any atom is -0.493 e. The molecule has 0 saturated heterocycles. The molecule has 0 bridgehead atoms. The van der Waals surface area contributed by atoms with Crippen molar-refractivity contribution in [3.63, 3.8) is 0 Å². The number of hydrogen-bond donors (Lipinski definition) is 1. The molecule has 4 rings (SSSR count). The number of carbonyl (C=O) groups excluding carboxylic acids is 1. The molecule has 0 atom stereocenters. The first-order valence-electron chi connectivity index (χ1n) is 11.0. The smallest absolute Gasteiger partial charge is 0.339 e. The molecule has 0 unspecified atom stereocenters. The molecule has 12 nitrogen and oxygen atoms in total. The first-order chi connectivity index (χ1) is 18.7. The number of pyridine rings is 1. The van der Waals surface area contributed by atoms with Crippen molar-refractivity contribution in [2.45, 2.75) is 4.90 Å². The van der Waals surface area contributed by atoms with Gasteiger partial charge >= 0.3 is 10.1 Å². The van der Waals surface area contributed by atoms with Crippen LogP contribution in [-0.4, -0.2) is 44.2 Å². The number of carbonyl (C=O) groups is 1. The third-order valence-electron chi connectivity index (χ3n) is 5.12. The Bertz CT molecular complexity index is 1690. The molecule has 3 aromatic carbocycles. The van der Waals surface area contributed by atoms with Crippen molar-refractivity contribution >= 4 is 54.8 Å². The minimum absolute atomic E-state index is 0.0259. The van der Waals surface area contributed by atoms with Crippen molar-refractivity contribution in [3.8, 4) is 17.2 Å². The maximum atomic E-state index is 12.8. The van der Waals surface area contributed by atoms with Crippen LogP contribution in [0.5, 0.6) is 17.2 Å². The van der Waals surface area contributed by atoms with Crippen LogP contribution in [0.15, 0.2) is 87.4 Å². The number of rotatable bonds is 10. The van der Waals surface area contributed by atoms with E-state index in [1.807, 2.05) is 12.1 Å². The zero-order valence-electron chi connectivity index (χ0n) is 20.1. The van der Waals surface area contributed by atoms with Crippen LogP contribution in [0.4, 0.5) is 5.69 Å². The van der Waals surface area contributed by atoms with Gasteiger partial charge in [0.1, 0.15) is 16.2 Å². The van der Waals surface area contributed by atoms with E-state index in [9.17, 15) is 23.3 Å². The van der Waals surface area contributed by atoms with Gasteiger partial charge in [-0.3, -0.25) is 19.9 Å². The summed E-state index contributed by atoms with van der Waals surface area (Å²) < 4.78 is 41.7. The molecule has 1 aromatic heterocycles. The van der Waals surface area contributed by atoms with Crippen molar-refractivity contribution in [2.24, 2.45) is 5.10 Å². The molecule has 0 aliphatic carbocycles. The third-order valence-corrected chi connectivity index (χ3v) is 6.93. The van der Waals surface area contributed by atoms with Crippen LogP contribution >= 0.6 is 15.9 Å². The monoisotopic (exact) mass is 614 g/mol. The van der Waals surface area contributed by atoms with Crippen molar-refractivity contribution in [1.82, 2.24) is 10.4 Å². The Balaban J connectivity index is 1.43. The van der Waals surface area contributed by atoms with Crippen molar-refractivity contribution in [2.75, 3.05) is 13.7 Å². The first-order valence-corrected chi connectivity index (χ1v) is 13.2. The second-order valence-corrected chi connectivity index (χ2v) is 10.1. The fraction of sp³-hybridized carbons (Fsp3) is 0.0800. The molecule has 4 aromatic rings. The van der Waals surface area contributed by atoms with Gasteiger partial charge < -0.3 is 13.7 Å². The van der Waals surface area contributed by atoms with Gasteiger partial charge in [-0.2, -0.15) is 13.5 Å². The second kappa shape index (κ2) is 11.9. The lowest BCUT2D eigenvalue weighted by Crippen LogP contribution is -2.24. The summed E-state index contributed by atoms with van der Waals surface area (Å²) in [5.74, 6) is -0.218. The van der Waals surface area contributed by atoms with Crippen molar-refractivity contribution in [1.29, 1.82) is 0 Å². The van der Waals surface area contributed by atoms with Crippen LogP contribution in [0.1, 0.15) is 5.56 Å². The van der Waals surface area contributed by atoms with Crippen LogP contribution in [0.2, 0.25) is 0 Å². The summed E-state index contributed by atoms with van der Waals surface area (Å²) >= 11 is 3.24. The van der Waals surface area contributed by atoms with Gasteiger partial charge in [0.15, 0.2) is 18.1 Å². The van der Waals surface area contributed by atoms with E-state index in [-0.39, 0.29) is 22.6 Å². The predicted molar refractivity (Wildman–Crippen MR) is 145 cm³/mol. The Kier molecular flexibility index (Phi) is 8.36. The highest BCUT2D eigenvalue weighted by Crippen LogP contribution is 2.38. The van der Waals surface area contributed by atoms with E-state index in [4.69, 9.17) is 13.7 Å². The number of non-ortho nitro benzene ring substituents is 1. The van der Waals surface area contributed by atoms with Gasteiger partial charge in [-0.25, -0.2) is 5.43 Å². The number of benzene rings is 3. The molecule has 200 valence electrons. The predicted octanol–water partition coefficient (Wildman–Crippen LogP) is 4.21. The molecule has 0 radical (unpaired) electrons. The van der Waals surface area contributed by atoms with Gasteiger partial charge in [-0.1, -0.05) is 24.3 Å². The summed E-state index contributed by atoms with van der Waals surface area (Å²) in [7, 11) is -3.13. The molecule has 0 aliphatic rings. The van der Waals surface area contributed by atoms with Crippen LogP contribution in [0.25, 0.3) is 10.9 Å². The quantitative estimate of drug-likeness (QED) is 0.119. The van der Waals surface area contributed by atoms with Gasteiger partial charge in [0.2, 0.25) is 0 Å². The fourth-order valence-electron chi connectivity index (χ4n) is 3.35. The Morgan fingerprint density at radius 1 is 1.13 bits per heavy atom. The number of hydrazone groups is 1. The average molecular weight is 615 g/mol. The van der Waals surface area contributed by atoms with E-state index in [0.29, 0.717) is 16.8 Å². The highest BCUT2D eigenvalue weighted by molar-refractivity contribution is 9.10. The Morgan fingerprint density at radius 2 is 1.90 bits per heavy atom. The number of para-hydroxylation sites is 1. The van der Waals surface area contributed by atoms with E-state index in [1.54, 1.807) is 24.4 Å². The van der Waals surface area contributed by atoms with Crippen molar-refractivity contribution < 1.29 is 31.8 Å². The Hall–Kier alpha value is -4.56. The topological polar surface area (TPSA) is 159 Å². The lowest BCUT2D eigenvalue weighted by molar-refractivity contribution is -0.385. The summed E-state index contributed by atoms with van der Waals surface area (Å²) in [6, 6.07) is 16.4. The molecule has 1 heterocycles. The number of nitro groups is 1. The molecule has 0 aliphatic heterocycles. The standard InChI is InChI=1S/C25H19BrN4O8S/c1-36-22-12-16(11-20(26)25(22)38-39(34,35)19-8-3-7-18(13-19)30(32)33)14-28-29-23(31)15-37-21-9-2-5-17-6-4-10-27-24(17)21/h2-14H,15H2,1H3,(H,29,31)/b28-14-. The molecule has 0 saturated carbocycles. The number of nitro benzene ring substituents is 1. The third kappa shape index (κ3) is 6.66. The number of nitrogens with zero attached hydrogens (tertiary/aromatic N) is 3. The normalized spacial score (nSPS) is 11.3. The van der Waals surface area contributed by atoms with Crippen LogP contribution in [-0.2, 0) is 14.9 Å². The van der Waals surface area contributed by atoms with E-state index in [2.05, 4.69) is 31.4 Å². The van der Waals surface area contributed by atoms with E-state index in [1.165, 1.54) is 37.6 Å². The largest absolute Gasteiger partial charge is 0.493 e. The molecule has 14 heteroatoms. The lowest BCUT2D eigenvalue weighted by atomic mass is 10.2. The number of halogens is 1. The van der Waals surface area contributed by atoms with Gasteiger partial charge in [0, 0.05) is 23.7 Å². The van der Waals surface area contributed by atoms with Gasteiger partial charge in [-0.05, 0) is 51.8 Å². The number of amides is 1. The molecule has 0 spiro atoms. The highest BCUT2D eigenvalue weighted by atomic mass is 79.9. The molecular weight excluding hydrogens is 596 g/mol. The summed E-state index contributed by atoms with van der Waals surface area (Å²) in [6.07, 6.45) is 2.94. The van der Waals surface area contributed by atoms with Crippen molar-refractivity contribution in [3.05, 3.63) is 93.1 Å². The van der Waals surface area contributed by atoms with Crippen LogP contribution in [0.3, 0.4) is 0 Å². The average Bonchev–Trinajstić information content (AvgIpc) is 2.93. The molecular formula is C25H19BrN4O8S. The molecule has 1 amide bonds. The SMILES string of the molecule is COc1cc(/C=N\NC(=O)COc2cccc3cccnc23)cc(Br)c1OS(=O)(=O)c1cccc([N+](=O)[O-])c1. The highest BCUT2D eigenvalue weighted by Gasteiger charge is 2.24. The van der Waals surface area contributed by atoms with Crippen LogP contribution in [0, 0.1) is 10.1 Å². The zero-order valence-corrected chi connectivity index (χ0v) is 22.5. The minimum atomic E-state index is -4.43. The first kappa shape index (κ1) is 27.5. The maximum Gasteiger partial charge on any atom is 0.339 e. The Labute approximate surface area is 230 Å². The number of fused-ring (bicyclic) bond motifs is 1. The van der Waals surface area contributed by atoms with E-state index >= 15 is 0 Å². The van der Waals surface area contributed by atoms with E-state index < -0.39 is 31.5 Å². The fourth-order valence-corrected chi connectivity index (χ4v) is 5.00. The van der Waals surface area contributed by atoms with E-state index in [0.717, 1.165) is 17.5 Å². The number of ether oxygens (including phenoxy) is 2. The summed E-state index contributed by atoms with van der Waals surface area (Å²) in [5, 5.41) is 15.8. The molecule has 0 fully saturated rings. The van der Waals surface area contributed by atoms with Crippen LogP contribution < -0.4 is 19.1 Å².